The van der Waals surface area contributed by atoms with Crippen LogP contribution < -0.4 is 5.32 Å². The smallest absolute Gasteiger partial charge is 0.345 e. The zero-order valence-electron chi connectivity index (χ0n) is 15.5. The lowest BCUT2D eigenvalue weighted by atomic mass is 10.1. The molecule has 2 heterocycles. The van der Waals surface area contributed by atoms with Gasteiger partial charge < -0.3 is 5.32 Å². The maximum Gasteiger partial charge on any atom is 0.417 e. The average Bonchev–Trinajstić information content (AvgIpc) is 3.09. The van der Waals surface area contributed by atoms with Crippen molar-refractivity contribution in [2.75, 3.05) is 0 Å². The Morgan fingerprint density at radius 2 is 1.86 bits per heavy atom. The molecule has 0 fully saturated rings. The van der Waals surface area contributed by atoms with Crippen LogP contribution in [0.15, 0.2) is 48.8 Å². The Balaban J connectivity index is 1.77. The van der Waals surface area contributed by atoms with E-state index in [1.165, 1.54) is 16.9 Å². The van der Waals surface area contributed by atoms with Crippen molar-refractivity contribution in [1.29, 1.82) is 5.26 Å². The quantitative estimate of drug-likeness (QED) is 0.720. The molecule has 0 aliphatic carbocycles. The number of hydrogen-bond acceptors (Lipinski definition) is 4. The molecule has 0 saturated heterocycles. The highest BCUT2D eigenvalue weighted by molar-refractivity contribution is 5.95. The minimum Gasteiger partial charge on any atom is -0.345 e. The van der Waals surface area contributed by atoms with Gasteiger partial charge in [0.2, 0.25) is 0 Å². The molecule has 148 valence electrons. The van der Waals surface area contributed by atoms with Crippen molar-refractivity contribution < 1.29 is 18.0 Å². The molecule has 3 rings (SSSR count). The van der Waals surface area contributed by atoms with Crippen LogP contribution in [0.1, 0.15) is 45.7 Å². The molecule has 1 amide bonds. The van der Waals surface area contributed by atoms with Crippen molar-refractivity contribution in [3.05, 3.63) is 76.7 Å². The summed E-state index contributed by atoms with van der Waals surface area (Å²) < 4.78 is 39.4. The van der Waals surface area contributed by atoms with Crippen LogP contribution >= 0.6 is 0 Å². The number of amides is 1. The first-order chi connectivity index (χ1) is 13.7. The van der Waals surface area contributed by atoms with Gasteiger partial charge in [0.15, 0.2) is 5.82 Å². The average molecular weight is 399 g/mol. The molecule has 0 aliphatic heterocycles. The molecule has 29 heavy (non-hydrogen) atoms. The van der Waals surface area contributed by atoms with Crippen LogP contribution in [0.4, 0.5) is 13.2 Å². The Morgan fingerprint density at radius 3 is 2.41 bits per heavy atom. The summed E-state index contributed by atoms with van der Waals surface area (Å²) >= 11 is 0. The first-order valence-corrected chi connectivity index (χ1v) is 8.60. The molecule has 3 aromatic rings. The summed E-state index contributed by atoms with van der Waals surface area (Å²) in [5.74, 6) is -0.202. The molecule has 1 aromatic carbocycles. The Hall–Kier alpha value is -3.67. The SMILES string of the molecule is Cc1c(C(=O)NC(C)c2ccc(C#N)cc2)cnn1-c1ccc(C(F)(F)F)cn1. The maximum atomic E-state index is 12.7. The number of benzene rings is 1. The maximum absolute atomic E-state index is 12.7. The van der Waals surface area contributed by atoms with E-state index in [0.29, 0.717) is 11.3 Å². The lowest BCUT2D eigenvalue weighted by Crippen LogP contribution is -2.27. The van der Waals surface area contributed by atoms with Crippen molar-refractivity contribution in [3.8, 4) is 11.9 Å². The van der Waals surface area contributed by atoms with E-state index >= 15 is 0 Å². The highest BCUT2D eigenvalue weighted by atomic mass is 19.4. The van der Waals surface area contributed by atoms with E-state index in [1.54, 1.807) is 38.1 Å². The van der Waals surface area contributed by atoms with E-state index in [4.69, 9.17) is 5.26 Å². The fraction of sp³-hybridized carbons (Fsp3) is 0.200. The minimum atomic E-state index is -4.47. The second kappa shape index (κ2) is 7.75. The standard InChI is InChI=1S/C20H16F3N5O/c1-12(15-5-3-14(9-24)4-6-15)27-19(29)17-11-26-28(13(17)2)18-8-7-16(10-25-18)20(21,22)23/h3-8,10-12H,1-2H3,(H,27,29). The zero-order chi connectivity index (χ0) is 21.2. The molecule has 6 nitrogen and oxygen atoms in total. The number of hydrogen-bond donors (Lipinski definition) is 1. The van der Waals surface area contributed by atoms with Gasteiger partial charge in [-0.3, -0.25) is 4.79 Å². The van der Waals surface area contributed by atoms with Gasteiger partial charge in [-0.1, -0.05) is 12.1 Å². The molecule has 0 aliphatic rings. The van der Waals surface area contributed by atoms with Gasteiger partial charge in [-0.2, -0.15) is 23.5 Å². The summed E-state index contributed by atoms with van der Waals surface area (Å²) in [5.41, 5.74) is 1.22. The van der Waals surface area contributed by atoms with Gasteiger partial charge in [0.25, 0.3) is 5.91 Å². The Kier molecular flexibility index (Phi) is 5.37. The van der Waals surface area contributed by atoms with Crippen molar-refractivity contribution in [3.63, 3.8) is 0 Å². The molecule has 0 bridgehead atoms. The van der Waals surface area contributed by atoms with Gasteiger partial charge >= 0.3 is 6.18 Å². The number of nitrogens with one attached hydrogen (secondary N) is 1. The molecular formula is C20H16F3N5O. The van der Waals surface area contributed by atoms with Crippen molar-refractivity contribution in [2.24, 2.45) is 0 Å². The number of rotatable bonds is 4. The number of alkyl halides is 3. The first kappa shape index (κ1) is 20.1. The third-order valence-corrected chi connectivity index (χ3v) is 4.43. The van der Waals surface area contributed by atoms with Crippen molar-refractivity contribution in [2.45, 2.75) is 26.1 Å². The molecule has 9 heteroatoms. The largest absolute Gasteiger partial charge is 0.417 e. The Labute approximate surface area is 164 Å². The highest BCUT2D eigenvalue weighted by Crippen LogP contribution is 2.28. The number of nitrogens with zero attached hydrogens (tertiary/aromatic N) is 4. The second-order valence-corrected chi connectivity index (χ2v) is 6.39. The van der Waals surface area contributed by atoms with E-state index in [1.807, 2.05) is 6.07 Å². The molecule has 0 spiro atoms. The predicted octanol–water partition coefficient (Wildman–Crippen LogP) is 3.96. The van der Waals surface area contributed by atoms with Crippen LogP contribution in [-0.2, 0) is 6.18 Å². The van der Waals surface area contributed by atoms with Gasteiger partial charge in [0.1, 0.15) is 0 Å². The Bertz CT molecular complexity index is 1060. The van der Waals surface area contributed by atoms with Crippen LogP contribution in [0.2, 0.25) is 0 Å². The van der Waals surface area contributed by atoms with Gasteiger partial charge in [-0.15, -0.1) is 0 Å². The second-order valence-electron chi connectivity index (χ2n) is 6.39. The fourth-order valence-electron chi connectivity index (χ4n) is 2.75. The predicted molar refractivity (Wildman–Crippen MR) is 98.1 cm³/mol. The van der Waals surface area contributed by atoms with Crippen molar-refractivity contribution in [1.82, 2.24) is 20.1 Å². The number of nitriles is 1. The van der Waals surface area contributed by atoms with Crippen LogP contribution in [0.5, 0.6) is 0 Å². The van der Waals surface area contributed by atoms with Crippen molar-refractivity contribution >= 4 is 5.91 Å². The summed E-state index contributed by atoms with van der Waals surface area (Å²) in [6, 6.07) is 10.7. The van der Waals surface area contributed by atoms with E-state index in [2.05, 4.69) is 15.4 Å². The first-order valence-electron chi connectivity index (χ1n) is 8.60. The summed E-state index contributed by atoms with van der Waals surface area (Å²) in [5, 5.41) is 15.8. The van der Waals surface area contributed by atoms with E-state index in [-0.39, 0.29) is 23.3 Å². The van der Waals surface area contributed by atoms with Gasteiger partial charge in [-0.05, 0) is 43.7 Å². The van der Waals surface area contributed by atoms with E-state index in [9.17, 15) is 18.0 Å². The van der Waals surface area contributed by atoms with Crippen LogP contribution in [0.3, 0.4) is 0 Å². The van der Waals surface area contributed by atoms with Crippen LogP contribution in [0.25, 0.3) is 5.82 Å². The number of aromatic nitrogens is 3. The van der Waals surface area contributed by atoms with E-state index in [0.717, 1.165) is 17.8 Å². The lowest BCUT2D eigenvalue weighted by Gasteiger charge is -2.14. The van der Waals surface area contributed by atoms with Gasteiger partial charge in [-0.25, -0.2) is 9.67 Å². The molecular weight excluding hydrogens is 383 g/mol. The van der Waals surface area contributed by atoms with Gasteiger partial charge in [0.05, 0.1) is 40.7 Å². The summed E-state index contributed by atoms with van der Waals surface area (Å²) in [6.45, 7) is 3.43. The number of halogens is 3. The molecule has 1 unspecified atom stereocenters. The molecule has 0 radical (unpaired) electrons. The molecule has 2 aromatic heterocycles. The highest BCUT2D eigenvalue weighted by Gasteiger charge is 2.30. The topological polar surface area (TPSA) is 83.6 Å². The van der Waals surface area contributed by atoms with Crippen LogP contribution in [0, 0.1) is 18.3 Å². The monoisotopic (exact) mass is 399 g/mol. The number of pyridine rings is 1. The van der Waals surface area contributed by atoms with Crippen LogP contribution in [-0.4, -0.2) is 20.7 Å². The fourth-order valence-corrected chi connectivity index (χ4v) is 2.75. The third-order valence-electron chi connectivity index (χ3n) is 4.43. The molecule has 0 saturated carbocycles. The number of carbonyl (C=O) groups excluding carboxylic acids is 1. The minimum absolute atomic E-state index is 0.176. The summed E-state index contributed by atoms with van der Waals surface area (Å²) in [7, 11) is 0. The summed E-state index contributed by atoms with van der Waals surface area (Å²) in [6.07, 6.45) is -2.41. The third kappa shape index (κ3) is 4.27. The Morgan fingerprint density at radius 1 is 1.17 bits per heavy atom. The lowest BCUT2D eigenvalue weighted by molar-refractivity contribution is -0.137. The van der Waals surface area contributed by atoms with E-state index < -0.39 is 11.7 Å². The normalized spacial score (nSPS) is 12.3. The van der Waals surface area contributed by atoms with Gasteiger partial charge in [0, 0.05) is 6.20 Å². The summed E-state index contributed by atoms with van der Waals surface area (Å²) in [4.78, 5) is 16.4. The zero-order valence-corrected chi connectivity index (χ0v) is 15.5. The molecule has 1 atom stereocenters. The molecule has 1 N–H and O–H groups in total. The number of carbonyl (C=O) groups is 1.